The van der Waals surface area contributed by atoms with E-state index in [0.29, 0.717) is 17.6 Å². The first-order valence-electron chi connectivity index (χ1n) is 10.8. The van der Waals surface area contributed by atoms with Crippen LogP contribution in [-0.4, -0.2) is 17.9 Å². The van der Waals surface area contributed by atoms with E-state index in [0.717, 1.165) is 38.4 Å². The van der Waals surface area contributed by atoms with E-state index in [-0.39, 0.29) is 17.5 Å². The highest BCUT2D eigenvalue weighted by Gasteiger charge is 2.17. The van der Waals surface area contributed by atoms with Gasteiger partial charge in [0.1, 0.15) is 6.29 Å². The van der Waals surface area contributed by atoms with Crippen LogP contribution in [0.4, 0.5) is 0 Å². The number of allylic oxidation sites excluding steroid dienone is 12. The van der Waals surface area contributed by atoms with Crippen molar-refractivity contribution in [3.8, 4) is 0 Å². The van der Waals surface area contributed by atoms with E-state index in [2.05, 4.69) is 45.9 Å². The molecule has 1 aliphatic rings. The Morgan fingerprint density at radius 3 is 2.37 bits per heavy atom. The fourth-order valence-electron chi connectivity index (χ4n) is 3.18. The van der Waals surface area contributed by atoms with Gasteiger partial charge in [-0.25, -0.2) is 0 Å². The van der Waals surface area contributed by atoms with Crippen molar-refractivity contribution in [2.45, 2.75) is 73.1 Å². The number of Topliss-reactive ketones (excluding diaryl/α,β-unsaturated/α-hetero) is 1. The Kier molecular flexibility index (Phi) is 11.6. The van der Waals surface area contributed by atoms with Crippen LogP contribution in [0.1, 0.15) is 73.1 Å². The van der Waals surface area contributed by atoms with Crippen LogP contribution in [0.3, 0.4) is 0 Å². The van der Waals surface area contributed by atoms with Crippen molar-refractivity contribution in [3.63, 3.8) is 0 Å². The Morgan fingerprint density at radius 1 is 0.967 bits per heavy atom. The Morgan fingerprint density at radius 2 is 1.70 bits per heavy atom. The van der Waals surface area contributed by atoms with Gasteiger partial charge in [0.2, 0.25) is 0 Å². The molecule has 0 saturated heterocycles. The Bertz CT molecular complexity index is 809. The lowest BCUT2D eigenvalue weighted by molar-refractivity contribution is -0.115. The second-order valence-electron chi connectivity index (χ2n) is 8.36. The predicted molar refractivity (Wildman–Crippen MR) is 125 cm³/mol. The molecule has 0 bridgehead atoms. The van der Waals surface area contributed by atoms with Gasteiger partial charge in [0.15, 0.2) is 11.6 Å². The molecule has 0 N–H and O–H groups in total. The molecule has 0 aromatic rings. The number of carbonyl (C=O) groups excluding carboxylic acids is 3. The molecule has 0 aromatic heterocycles. The third kappa shape index (κ3) is 10.3. The normalized spacial score (nSPS) is 16.4. The number of rotatable bonds is 12. The van der Waals surface area contributed by atoms with Crippen molar-refractivity contribution < 1.29 is 14.4 Å². The number of hydrogen-bond donors (Lipinski definition) is 0. The van der Waals surface area contributed by atoms with Crippen molar-refractivity contribution in [1.29, 1.82) is 0 Å². The van der Waals surface area contributed by atoms with Crippen molar-refractivity contribution in [3.05, 3.63) is 70.4 Å². The van der Waals surface area contributed by atoms with Crippen LogP contribution >= 0.6 is 0 Å². The van der Waals surface area contributed by atoms with E-state index in [9.17, 15) is 14.4 Å². The first kappa shape index (κ1) is 25.5. The lowest BCUT2D eigenvalue weighted by atomic mass is 9.94. The molecule has 1 atom stereocenters. The molecular weight excluding hydrogens is 372 g/mol. The summed E-state index contributed by atoms with van der Waals surface area (Å²) in [5, 5.41) is 0. The molecule has 0 spiro atoms. The average Bonchev–Trinajstić information content (AvgIpc) is 2.68. The molecule has 0 amide bonds. The lowest BCUT2D eigenvalue weighted by Gasteiger charge is -2.09. The summed E-state index contributed by atoms with van der Waals surface area (Å²) in [7, 11) is 0. The van der Waals surface area contributed by atoms with Gasteiger partial charge in [0.05, 0.1) is 0 Å². The smallest absolute Gasteiger partial charge is 0.185 e. The van der Waals surface area contributed by atoms with E-state index >= 15 is 0 Å². The molecule has 30 heavy (non-hydrogen) atoms. The van der Waals surface area contributed by atoms with Gasteiger partial charge in [-0.1, -0.05) is 47.1 Å². The van der Waals surface area contributed by atoms with E-state index in [1.54, 1.807) is 6.92 Å². The van der Waals surface area contributed by atoms with Crippen LogP contribution in [0.5, 0.6) is 0 Å². The first-order chi connectivity index (χ1) is 14.2. The quantitative estimate of drug-likeness (QED) is 0.208. The molecule has 0 fully saturated rings. The summed E-state index contributed by atoms with van der Waals surface area (Å²) in [5.41, 5.74) is 4.87. The van der Waals surface area contributed by atoms with Crippen LogP contribution < -0.4 is 0 Å². The van der Waals surface area contributed by atoms with Gasteiger partial charge in [0, 0.05) is 17.1 Å². The monoisotopic (exact) mass is 408 g/mol. The van der Waals surface area contributed by atoms with Crippen LogP contribution in [0.25, 0.3) is 0 Å². The second-order valence-corrected chi connectivity index (χ2v) is 8.36. The highest BCUT2D eigenvalue weighted by molar-refractivity contribution is 6.20. The average molecular weight is 409 g/mol. The summed E-state index contributed by atoms with van der Waals surface area (Å²) in [4.78, 5) is 34.9. The SMILES string of the molecule is CC(C)=CCCC(C=O)/C=C/CC(C)=CCCC(C)=CCC1=CC(=O)C=C(C)C1=O. The van der Waals surface area contributed by atoms with E-state index in [4.69, 9.17) is 0 Å². The molecule has 0 saturated carbocycles. The summed E-state index contributed by atoms with van der Waals surface area (Å²) >= 11 is 0. The molecule has 1 aliphatic carbocycles. The molecule has 0 heterocycles. The fourth-order valence-corrected chi connectivity index (χ4v) is 3.18. The molecule has 1 unspecified atom stereocenters. The second kappa shape index (κ2) is 13.6. The van der Waals surface area contributed by atoms with Gasteiger partial charge in [-0.2, -0.15) is 0 Å². The first-order valence-corrected chi connectivity index (χ1v) is 10.8. The van der Waals surface area contributed by atoms with Gasteiger partial charge in [0.25, 0.3) is 0 Å². The molecule has 0 aromatic carbocycles. The molecule has 3 nitrogen and oxygen atoms in total. The molecular formula is C27H36O3. The van der Waals surface area contributed by atoms with Crippen molar-refractivity contribution >= 4 is 17.9 Å². The van der Waals surface area contributed by atoms with E-state index in [1.165, 1.54) is 28.9 Å². The lowest BCUT2D eigenvalue weighted by Crippen LogP contribution is -2.12. The van der Waals surface area contributed by atoms with Gasteiger partial charge in [-0.05, 0) is 85.3 Å². The largest absolute Gasteiger partial charge is 0.303 e. The summed E-state index contributed by atoms with van der Waals surface area (Å²) in [5.74, 6) is -0.148. The zero-order valence-electron chi connectivity index (χ0n) is 19.2. The predicted octanol–water partition coefficient (Wildman–Crippen LogP) is 6.58. The molecule has 0 radical (unpaired) electrons. The standard InChI is InChI=1S/C27H36O3/c1-20(2)9-6-13-24(19-28)14-8-12-21(3)10-7-11-22(4)15-16-25-18-26(29)17-23(5)27(25)30/h8-10,14-15,17-19,24H,6-7,11-13,16H2,1-5H3/b14-8+,21-10?,22-15?. The third-order valence-electron chi connectivity index (χ3n) is 5.08. The number of aldehydes is 1. The minimum Gasteiger partial charge on any atom is -0.303 e. The van der Waals surface area contributed by atoms with E-state index < -0.39 is 0 Å². The highest BCUT2D eigenvalue weighted by Crippen LogP contribution is 2.18. The van der Waals surface area contributed by atoms with Crippen molar-refractivity contribution in [1.82, 2.24) is 0 Å². The summed E-state index contributed by atoms with van der Waals surface area (Å²) in [6.07, 6.45) is 19.4. The van der Waals surface area contributed by atoms with Crippen LogP contribution in [-0.2, 0) is 14.4 Å². The van der Waals surface area contributed by atoms with Gasteiger partial charge >= 0.3 is 0 Å². The molecule has 162 valence electrons. The summed E-state index contributed by atoms with van der Waals surface area (Å²) in [6.45, 7) is 10.00. The zero-order chi connectivity index (χ0) is 22.5. The number of hydrogen-bond acceptors (Lipinski definition) is 3. The summed E-state index contributed by atoms with van der Waals surface area (Å²) < 4.78 is 0. The Balaban J connectivity index is 2.42. The van der Waals surface area contributed by atoms with Gasteiger partial charge in [-0.3, -0.25) is 9.59 Å². The number of carbonyl (C=O) groups is 3. The topological polar surface area (TPSA) is 51.2 Å². The zero-order valence-corrected chi connectivity index (χ0v) is 19.2. The number of ketones is 2. The van der Waals surface area contributed by atoms with Gasteiger partial charge < -0.3 is 4.79 Å². The van der Waals surface area contributed by atoms with Crippen molar-refractivity contribution in [2.75, 3.05) is 0 Å². The van der Waals surface area contributed by atoms with E-state index in [1.807, 2.05) is 12.2 Å². The minimum atomic E-state index is -0.103. The highest BCUT2D eigenvalue weighted by atomic mass is 16.1. The maximum Gasteiger partial charge on any atom is 0.185 e. The maximum absolute atomic E-state index is 12.1. The summed E-state index contributed by atoms with van der Waals surface area (Å²) in [6, 6.07) is 0. The Hall–Kier alpha value is -2.55. The molecule has 3 heteroatoms. The van der Waals surface area contributed by atoms with Gasteiger partial charge in [-0.15, -0.1) is 0 Å². The van der Waals surface area contributed by atoms with Crippen molar-refractivity contribution in [2.24, 2.45) is 5.92 Å². The Labute approximate surface area is 182 Å². The van der Waals surface area contributed by atoms with Crippen LogP contribution in [0.15, 0.2) is 70.4 Å². The van der Waals surface area contributed by atoms with Crippen LogP contribution in [0, 0.1) is 5.92 Å². The maximum atomic E-state index is 12.1. The minimum absolute atomic E-state index is 0.0132. The fraction of sp³-hybridized carbons (Fsp3) is 0.444. The molecule has 0 aliphatic heterocycles. The molecule has 1 rings (SSSR count). The third-order valence-corrected chi connectivity index (χ3v) is 5.08. The van der Waals surface area contributed by atoms with Crippen LogP contribution in [0.2, 0.25) is 0 Å².